The Labute approximate surface area is 113 Å². The Morgan fingerprint density at radius 2 is 1.74 bits per heavy atom. The summed E-state index contributed by atoms with van der Waals surface area (Å²) in [6.45, 7) is 9.47. The summed E-state index contributed by atoms with van der Waals surface area (Å²) >= 11 is 0. The van der Waals surface area contributed by atoms with Gasteiger partial charge in [-0.25, -0.2) is 13.2 Å². The second-order valence-corrected chi connectivity index (χ2v) is 5.95. The first kappa shape index (κ1) is 16.0. The van der Waals surface area contributed by atoms with Gasteiger partial charge in [0.25, 0.3) is 0 Å². The van der Waals surface area contributed by atoms with Gasteiger partial charge in [-0.1, -0.05) is 33.8 Å². The molecule has 0 saturated carbocycles. The van der Waals surface area contributed by atoms with Crippen molar-refractivity contribution < 1.29 is 13.2 Å². The van der Waals surface area contributed by atoms with Crippen LogP contribution < -0.4 is 5.32 Å². The van der Waals surface area contributed by atoms with Gasteiger partial charge in [0.15, 0.2) is 17.5 Å². The van der Waals surface area contributed by atoms with Gasteiger partial charge < -0.3 is 5.32 Å². The number of hydrogen-bond donors (Lipinski definition) is 1. The van der Waals surface area contributed by atoms with Gasteiger partial charge in [-0.2, -0.15) is 0 Å². The molecule has 1 aromatic carbocycles. The monoisotopic (exact) mass is 273 g/mol. The third-order valence-electron chi connectivity index (χ3n) is 3.24. The molecule has 1 nitrogen and oxygen atoms in total. The molecule has 0 bridgehead atoms. The van der Waals surface area contributed by atoms with Gasteiger partial charge in [-0.3, -0.25) is 0 Å². The van der Waals surface area contributed by atoms with E-state index in [9.17, 15) is 13.2 Å². The average molecular weight is 273 g/mol. The van der Waals surface area contributed by atoms with E-state index in [0.717, 1.165) is 12.6 Å². The average Bonchev–Trinajstić information content (AvgIpc) is 2.31. The van der Waals surface area contributed by atoms with Crippen molar-refractivity contribution in [1.29, 1.82) is 0 Å². The van der Waals surface area contributed by atoms with Crippen LogP contribution in [0.3, 0.4) is 0 Å². The zero-order chi connectivity index (χ0) is 14.6. The largest absolute Gasteiger partial charge is 0.316 e. The van der Waals surface area contributed by atoms with Crippen molar-refractivity contribution in [3.63, 3.8) is 0 Å². The highest BCUT2D eigenvalue weighted by atomic mass is 19.2. The lowest BCUT2D eigenvalue weighted by Crippen LogP contribution is -2.28. The summed E-state index contributed by atoms with van der Waals surface area (Å²) in [5.74, 6) is -3.06. The maximum atomic E-state index is 13.8. The second-order valence-electron chi connectivity index (χ2n) is 5.95. The van der Waals surface area contributed by atoms with E-state index in [-0.39, 0.29) is 5.56 Å². The summed E-state index contributed by atoms with van der Waals surface area (Å²) < 4.78 is 39.9. The highest BCUT2D eigenvalue weighted by Crippen LogP contribution is 2.30. The van der Waals surface area contributed by atoms with Crippen molar-refractivity contribution in [3.05, 3.63) is 35.1 Å². The van der Waals surface area contributed by atoms with Gasteiger partial charge in [-0.05, 0) is 42.5 Å². The Morgan fingerprint density at radius 3 is 2.32 bits per heavy atom. The van der Waals surface area contributed by atoms with Gasteiger partial charge in [0.05, 0.1) is 0 Å². The molecule has 0 aliphatic heterocycles. The zero-order valence-electron chi connectivity index (χ0n) is 12.0. The highest BCUT2D eigenvalue weighted by molar-refractivity contribution is 5.27. The Balaban J connectivity index is 2.74. The number of nitrogens with one attached hydrogen (secondary N) is 1. The van der Waals surface area contributed by atoms with Crippen LogP contribution >= 0.6 is 0 Å². The molecule has 0 aliphatic carbocycles. The number of hydrogen-bond acceptors (Lipinski definition) is 1. The van der Waals surface area contributed by atoms with Gasteiger partial charge >= 0.3 is 0 Å². The van der Waals surface area contributed by atoms with Gasteiger partial charge in [0.1, 0.15) is 0 Å². The van der Waals surface area contributed by atoms with Crippen molar-refractivity contribution in [1.82, 2.24) is 5.32 Å². The summed E-state index contributed by atoms with van der Waals surface area (Å²) in [7, 11) is 0. The standard InChI is InChI=1S/C15H22F3N/c1-10(2)9-19-8-7-15(3,4)11-5-6-12(16)14(18)13(11)17/h5-6,10,19H,7-9H2,1-4H3. The molecule has 108 valence electrons. The molecule has 0 spiro atoms. The molecule has 19 heavy (non-hydrogen) atoms. The van der Waals surface area contributed by atoms with E-state index in [2.05, 4.69) is 19.2 Å². The molecule has 0 radical (unpaired) electrons. The molecule has 0 heterocycles. The minimum Gasteiger partial charge on any atom is -0.316 e. The van der Waals surface area contributed by atoms with Crippen LogP contribution in [-0.4, -0.2) is 13.1 Å². The number of rotatable bonds is 6. The van der Waals surface area contributed by atoms with Gasteiger partial charge in [0, 0.05) is 0 Å². The van der Waals surface area contributed by atoms with Crippen molar-refractivity contribution >= 4 is 0 Å². The summed E-state index contributed by atoms with van der Waals surface area (Å²) in [5.41, 5.74) is -0.319. The Hall–Kier alpha value is -1.03. The minimum absolute atomic E-state index is 0.220. The SMILES string of the molecule is CC(C)CNCCC(C)(C)c1ccc(F)c(F)c1F. The molecule has 1 rings (SSSR count). The third-order valence-corrected chi connectivity index (χ3v) is 3.24. The normalized spacial score (nSPS) is 12.2. The summed E-state index contributed by atoms with van der Waals surface area (Å²) in [6, 6.07) is 2.31. The van der Waals surface area contributed by atoms with E-state index in [0.29, 0.717) is 18.9 Å². The third kappa shape index (κ3) is 4.23. The maximum Gasteiger partial charge on any atom is 0.194 e. The van der Waals surface area contributed by atoms with Crippen LogP contribution in [0.25, 0.3) is 0 Å². The molecule has 0 amide bonds. The summed E-state index contributed by atoms with van der Waals surface area (Å²) in [4.78, 5) is 0. The van der Waals surface area contributed by atoms with E-state index >= 15 is 0 Å². The fourth-order valence-electron chi connectivity index (χ4n) is 1.97. The van der Waals surface area contributed by atoms with Crippen LogP contribution in [0, 0.1) is 23.4 Å². The van der Waals surface area contributed by atoms with E-state index in [1.54, 1.807) is 0 Å². The van der Waals surface area contributed by atoms with E-state index in [1.807, 2.05) is 13.8 Å². The predicted octanol–water partition coefficient (Wildman–Crippen LogP) is 4.02. The Bertz CT molecular complexity index is 428. The van der Waals surface area contributed by atoms with Gasteiger partial charge in [-0.15, -0.1) is 0 Å². The zero-order valence-corrected chi connectivity index (χ0v) is 12.0. The van der Waals surface area contributed by atoms with E-state index in [1.165, 1.54) is 6.07 Å². The number of halogens is 3. The van der Waals surface area contributed by atoms with E-state index in [4.69, 9.17) is 0 Å². The van der Waals surface area contributed by atoms with Crippen LogP contribution in [-0.2, 0) is 5.41 Å². The molecular weight excluding hydrogens is 251 g/mol. The molecule has 0 aliphatic rings. The van der Waals surface area contributed by atoms with Crippen molar-refractivity contribution in [3.8, 4) is 0 Å². The molecular formula is C15H22F3N. The quantitative estimate of drug-likeness (QED) is 0.610. The van der Waals surface area contributed by atoms with Crippen LogP contribution in [0.15, 0.2) is 12.1 Å². The molecule has 0 saturated heterocycles. The Kier molecular flexibility index (Phi) is 5.41. The molecule has 4 heteroatoms. The first-order valence-electron chi connectivity index (χ1n) is 6.60. The summed E-state index contributed by atoms with van der Waals surface area (Å²) in [5, 5.41) is 3.27. The highest BCUT2D eigenvalue weighted by Gasteiger charge is 2.26. The van der Waals surface area contributed by atoms with E-state index < -0.39 is 22.9 Å². The first-order chi connectivity index (χ1) is 8.75. The van der Waals surface area contributed by atoms with Crippen LogP contribution in [0.5, 0.6) is 0 Å². The topological polar surface area (TPSA) is 12.0 Å². The molecule has 0 unspecified atom stereocenters. The fourth-order valence-corrected chi connectivity index (χ4v) is 1.97. The summed E-state index contributed by atoms with van der Waals surface area (Å²) in [6.07, 6.45) is 0.654. The van der Waals surface area contributed by atoms with Crippen molar-refractivity contribution in [2.45, 2.75) is 39.5 Å². The lowest BCUT2D eigenvalue weighted by atomic mass is 9.81. The smallest absolute Gasteiger partial charge is 0.194 e. The van der Waals surface area contributed by atoms with Crippen LogP contribution in [0.1, 0.15) is 39.7 Å². The van der Waals surface area contributed by atoms with Crippen LogP contribution in [0.4, 0.5) is 13.2 Å². The van der Waals surface area contributed by atoms with Crippen molar-refractivity contribution in [2.75, 3.05) is 13.1 Å². The van der Waals surface area contributed by atoms with Crippen molar-refractivity contribution in [2.24, 2.45) is 5.92 Å². The molecule has 1 aromatic rings. The predicted molar refractivity (Wildman–Crippen MR) is 71.7 cm³/mol. The molecule has 1 N–H and O–H groups in total. The minimum atomic E-state index is -1.39. The maximum absolute atomic E-state index is 13.8. The molecule has 0 atom stereocenters. The Morgan fingerprint density at radius 1 is 1.11 bits per heavy atom. The lowest BCUT2D eigenvalue weighted by molar-refractivity contribution is 0.393. The first-order valence-corrected chi connectivity index (χ1v) is 6.60. The second kappa shape index (κ2) is 6.42. The van der Waals surface area contributed by atoms with Gasteiger partial charge in [0.2, 0.25) is 0 Å². The molecule has 0 fully saturated rings. The number of benzene rings is 1. The lowest BCUT2D eigenvalue weighted by Gasteiger charge is -2.26. The van der Waals surface area contributed by atoms with Crippen LogP contribution in [0.2, 0.25) is 0 Å². The molecule has 0 aromatic heterocycles. The fraction of sp³-hybridized carbons (Fsp3) is 0.600.